The van der Waals surface area contributed by atoms with E-state index in [0.29, 0.717) is 0 Å². The van der Waals surface area contributed by atoms with Crippen molar-refractivity contribution in [1.29, 1.82) is 0 Å². The summed E-state index contributed by atoms with van der Waals surface area (Å²) < 4.78 is 18.4. The summed E-state index contributed by atoms with van der Waals surface area (Å²) in [6, 6.07) is 12.5. The summed E-state index contributed by atoms with van der Waals surface area (Å²) >= 11 is 0. The standard InChI is InChI=1S/C13H10FNO3/c14-11-6-12(15(16)17)8-13(7-11)18-9-10-4-2-1-3-5-10/h1-8H,9H2. The largest absolute Gasteiger partial charge is 0.489 e. The topological polar surface area (TPSA) is 52.4 Å². The molecule has 0 aliphatic carbocycles. The van der Waals surface area contributed by atoms with Gasteiger partial charge in [-0.15, -0.1) is 0 Å². The highest BCUT2D eigenvalue weighted by Crippen LogP contribution is 2.22. The lowest BCUT2D eigenvalue weighted by molar-refractivity contribution is -0.385. The second-order valence-electron chi connectivity index (χ2n) is 3.68. The third-order valence-corrected chi connectivity index (χ3v) is 2.32. The lowest BCUT2D eigenvalue weighted by Crippen LogP contribution is -1.97. The van der Waals surface area contributed by atoms with E-state index in [1.165, 1.54) is 6.07 Å². The van der Waals surface area contributed by atoms with Crippen molar-refractivity contribution in [2.24, 2.45) is 0 Å². The smallest absolute Gasteiger partial charge is 0.276 e. The van der Waals surface area contributed by atoms with Gasteiger partial charge >= 0.3 is 0 Å². The summed E-state index contributed by atoms with van der Waals surface area (Å²) in [5.41, 5.74) is 0.586. The van der Waals surface area contributed by atoms with Crippen LogP contribution in [0.4, 0.5) is 10.1 Å². The molecule has 0 N–H and O–H groups in total. The van der Waals surface area contributed by atoms with Crippen LogP contribution in [0.3, 0.4) is 0 Å². The minimum atomic E-state index is -0.688. The zero-order valence-corrected chi connectivity index (χ0v) is 9.38. The van der Waals surface area contributed by atoms with Crippen LogP contribution >= 0.6 is 0 Å². The molecule has 0 aromatic heterocycles. The molecule has 2 rings (SSSR count). The fourth-order valence-corrected chi connectivity index (χ4v) is 1.48. The van der Waals surface area contributed by atoms with Gasteiger partial charge in [-0.25, -0.2) is 4.39 Å². The van der Waals surface area contributed by atoms with Crippen LogP contribution in [0.15, 0.2) is 48.5 Å². The molecule has 0 spiro atoms. The second kappa shape index (κ2) is 5.27. The minimum absolute atomic E-state index is 0.144. The number of nitro groups is 1. The van der Waals surface area contributed by atoms with Crippen molar-refractivity contribution in [1.82, 2.24) is 0 Å². The molecule has 0 saturated carbocycles. The zero-order valence-electron chi connectivity index (χ0n) is 9.38. The van der Waals surface area contributed by atoms with Crippen molar-refractivity contribution in [3.63, 3.8) is 0 Å². The van der Waals surface area contributed by atoms with E-state index in [9.17, 15) is 14.5 Å². The molecule has 0 fully saturated rings. The van der Waals surface area contributed by atoms with Crippen molar-refractivity contribution < 1.29 is 14.1 Å². The molecule has 2 aromatic carbocycles. The van der Waals surface area contributed by atoms with Gasteiger partial charge in [0.2, 0.25) is 0 Å². The van der Waals surface area contributed by atoms with E-state index in [1.807, 2.05) is 30.3 Å². The number of hydrogen-bond acceptors (Lipinski definition) is 3. The highest BCUT2D eigenvalue weighted by molar-refractivity contribution is 5.39. The van der Waals surface area contributed by atoms with Crippen LogP contribution in [0.5, 0.6) is 5.75 Å². The van der Waals surface area contributed by atoms with E-state index in [0.717, 1.165) is 17.7 Å². The van der Waals surface area contributed by atoms with Crippen molar-refractivity contribution >= 4 is 5.69 Å². The van der Waals surface area contributed by atoms with Gasteiger partial charge in [0.15, 0.2) is 0 Å². The van der Waals surface area contributed by atoms with Crippen LogP contribution in [-0.2, 0) is 6.61 Å². The lowest BCUT2D eigenvalue weighted by atomic mass is 10.2. The molecule has 0 unspecified atom stereocenters. The van der Waals surface area contributed by atoms with Gasteiger partial charge in [-0.05, 0) is 5.56 Å². The van der Waals surface area contributed by atoms with Crippen LogP contribution in [0.2, 0.25) is 0 Å². The maximum absolute atomic E-state index is 13.1. The molecule has 5 heteroatoms. The molecular weight excluding hydrogens is 237 g/mol. The van der Waals surface area contributed by atoms with Crippen LogP contribution < -0.4 is 4.74 Å². The Bertz CT molecular complexity index is 557. The predicted octanol–water partition coefficient (Wildman–Crippen LogP) is 3.31. The fraction of sp³-hybridized carbons (Fsp3) is 0.0769. The molecule has 0 bridgehead atoms. The molecule has 0 amide bonds. The fourth-order valence-electron chi connectivity index (χ4n) is 1.48. The number of hydrogen-bond donors (Lipinski definition) is 0. The molecule has 92 valence electrons. The molecule has 4 nitrogen and oxygen atoms in total. The van der Waals surface area contributed by atoms with Crippen LogP contribution in [0.1, 0.15) is 5.56 Å². The summed E-state index contributed by atoms with van der Waals surface area (Å²) in [4.78, 5) is 9.91. The molecule has 0 atom stereocenters. The zero-order chi connectivity index (χ0) is 13.0. The van der Waals surface area contributed by atoms with E-state index in [2.05, 4.69) is 0 Å². The Balaban J connectivity index is 2.12. The van der Waals surface area contributed by atoms with E-state index >= 15 is 0 Å². The number of benzene rings is 2. The quantitative estimate of drug-likeness (QED) is 0.615. The SMILES string of the molecule is O=[N+]([O-])c1cc(F)cc(OCc2ccccc2)c1. The van der Waals surface area contributed by atoms with Crippen LogP contribution in [0, 0.1) is 15.9 Å². The molecule has 2 aromatic rings. The summed E-state index contributed by atoms with van der Waals surface area (Å²) in [6.45, 7) is 0.238. The summed E-state index contributed by atoms with van der Waals surface area (Å²) in [5, 5.41) is 10.6. The van der Waals surface area contributed by atoms with Crippen molar-refractivity contribution in [3.05, 3.63) is 70.0 Å². The summed E-state index contributed by atoms with van der Waals surface area (Å²) in [7, 11) is 0. The Morgan fingerprint density at radius 2 is 1.89 bits per heavy atom. The predicted molar refractivity (Wildman–Crippen MR) is 63.8 cm³/mol. The Morgan fingerprint density at radius 1 is 1.17 bits per heavy atom. The van der Waals surface area contributed by atoms with E-state index < -0.39 is 10.7 Å². The number of rotatable bonds is 4. The first-order valence-corrected chi connectivity index (χ1v) is 5.27. The highest BCUT2D eigenvalue weighted by Gasteiger charge is 2.10. The summed E-state index contributed by atoms with van der Waals surface area (Å²) in [5.74, 6) is -0.544. The molecule has 0 saturated heterocycles. The third-order valence-electron chi connectivity index (χ3n) is 2.32. The lowest BCUT2D eigenvalue weighted by Gasteiger charge is -2.06. The van der Waals surface area contributed by atoms with Gasteiger partial charge in [-0.1, -0.05) is 30.3 Å². The van der Waals surface area contributed by atoms with Gasteiger partial charge in [-0.3, -0.25) is 10.1 Å². The minimum Gasteiger partial charge on any atom is -0.489 e. The monoisotopic (exact) mass is 247 g/mol. The number of non-ortho nitro benzene ring substituents is 1. The first-order chi connectivity index (χ1) is 8.65. The van der Waals surface area contributed by atoms with Gasteiger partial charge in [0.25, 0.3) is 5.69 Å². The highest BCUT2D eigenvalue weighted by atomic mass is 19.1. The van der Waals surface area contributed by atoms with E-state index in [1.54, 1.807) is 0 Å². The van der Waals surface area contributed by atoms with Crippen molar-refractivity contribution in [3.8, 4) is 5.75 Å². The average molecular weight is 247 g/mol. The normalized spacial score (nSPS) is 10.1. The van der Waals surface area contributed by atoms with Gasteiger partial charge in [0.1, 0.15) is 18.2 Å². The Morgan fingerprint density at radius 3 is 2.56 bits per heavy atom. The number of ether oxygens (including phenoxy) is 1. The van der Waals surface area contributed by atoms with Crippen molar-refractivity contribution in [2.75, 3.05) is 0 Å². The summed E-state index contributed by atoms with van der Waals surface area (Å²) in [6.07, 6.45) is 0. The van der Waals surface area contributed by atoms with Crippen LogP contribution in [0.25, 0.3) is 0 Å². The van der Waals surface area contributed by atoms with Gasteiger partial charge in [-0.2, -0.15) is 0 Å². The first kappa shape index (κ1) is 12.0. The van der Waals surface area contributed by atoms with E-state index in [-0.39, 0.29) is 18.0 Å². The number of nitrogens with zero attached hydrogens (tertiary/aromatic N) is 1. The first-order valence-electron chi connectivity index (χ1n) is 5.27. The van der Waals surface area contributed by atoms with Gasteiger partial charge in [0, 0.05) is 6.07 Å². The maximum atomic E-state index is 13.1. The Kier molecular flexibility index (Phi) is 3.52. The van der Waals surface area contributed by atoms with Crippen LogP contribution in [-0.4, -0.2) is 4.92 Å². The van der Waals surface area contributed by atoms with Crippen molar-refractivity contribution in [2.45, 2.75) is 6.61 Å². The number of nitro benzene ring substituents is 1. The number of halogens is 1. The molecule has 0 aliphatic rings. The molecule has 0 radical (unpaired) electrons. The Hall–Kier alpha value is -2.43. The second-order valence-corrected chi connectivity index (χ2v) is 3.68. The maximum Gasteiger partial charge on any atom is 0.276 e. The Labute approximate surface area is 103 Å². The van der Waals surface area contributed by atoms with E-state index in [4.69, 9.17) is 4.74 Å². The molecule has 0 heterocycles. The van der Waals surface area contributed by atoms with Gasteiger partial charge in [0.05, 0.1) is 17.1 Å². The molecule has 18 heavy (non-hydrogen) atoms. The molecular formula is C13H10FNO3. The third kappa shape index (κ3) is 3.04. The average Bonchev–Trinajstić information content (AvgIpc) is 2.37. The van der Waals surface area contributed by atoms with Gasteiger partial charge < -0.3 is 4.74 Å². The molecule has 0 aliphatic heterocycles.